The van der Waals surface area contributed by atoms with Crippen molar-refractivity contribution in [1.29, 1.82) is 0 Å². The molecule has 31 heavy (non-hydrogen) atoms. The minimum Gasteiger partial charge on any atom is -0.489 e. The number of benzene rings is 2. The van der Waals surface area contributed by atoms with Gasteiger partial charge in [-0.2, -0.15) is 13.2 Å². The lowest BCUT2D eigenvalue weighted by Crippen LogP contribution is -2.41. The van der Waals surface area contributed by atoms with E-state index in [0.717, 1.165) is 18.0 Å². The number of ether oxygens (including phenoxy) is 1. The minimum atomic E-state index is -4.43. The smallest absolute Gasteiger partial charge is 0.417 e. The van der Waals surface area contributed by atoms with Crippen molar-refractivity contribution in [2.75, 3.05) is 36.3 Å². The minimum absolute atomic E-state index is 0.0927. The summed E-state index contributed by atoms with van der Waals surface area (Å²) in [6.07, 6.45) is 2.64. The maximum Gasteiger partial charge on any atom is 0.417 e. The molecule has 1 atom stereocenters. The molecule has 0 aromatic heterocycles. The number of halogens is 3. The number of alkyl halides is 3. The van der Waals surface area contributed by atoms with Gasteiger partial charge in [0.15, 0.2) is 0 Å². The van der Waals surface area contributed by atoms with Crippen molar-refractivity contribution >= 4 is 27.7 Å². The highest BCUT2D eigenvalue weighted by Crippen LogP contribution is 2.49. The van der Waals surface area contributed by atoms with Gasteiger partial charge in [-0.15, -0.1) is 0 Å². The Bertz CT molecular complexity index is 849. The van der Waals surface area contributed by atoms with Crippen molar-refractivity contribution in [2.45, 2.75) is 42.6 Å². The van der Waals surface area contributed by atoms with Gasteiger partial charge in [-0.1, -0.05) is 45.0 Å². The highest BCUT2D eigenvalue weighted by molar-refractivity contribution is 8.33. The molecule has 8 heteroatoms. The predicted octanol–water partition coefficient (Wildman–Crippen LogP) is 6.45. The Hall–Kier alpha value is -1.51. The van der Waals surface area contributed by atoms with Crippen LogP contribution in [0.25, 0.3) is 0 Å². The molecule has 1 unspecified atom stereocenters. The first kappa shape index (κ1) is 25.7. The van der Waals surface area contributed by atoms with Crippen LogP contribution in [0.3, 0.4) is 0 Å². The number of anilines is 1. The van der Waals surface area contributed by atoms with Crippen LogP contribution in [0.1, 0.15) is 26.3 Å². The molecule has 0 fully saturated rings. The molecule has 0 spiro atoms. The largest absolute Gasteiger partial charge is 0.489 e. The monoisotopic (exact) mass is 475 g/mol. The topological polar surface area (TPSA) is 32.7 Å². The van der Waals surface area contributed by atoms with Gasteiger partial charge in [-0.25, -0.2) is 10.0 Å². The van der Waals surface area contributed by atoms with Crippen LogP contribution in [0.15, 0.2) is 53.4 Å². The van der Waals surface area contributed by atoms with Crippen LogP contribution in [-0.4, -0.2) is 47.9 Å². The van der Waals surface area contributed by atoms with Gasteiger partial charge < -0.3 is 9.84 Å². The quantitative estimate of drug-likeness (QED) is 0.517. The summed E-state index contributed by atoms with van der Waals surface area (Å²) in [5.41, 5.74) is -0.0366. The van der Waals surface area contributed by atoms with Crippen molar-refractivity contribution in [1.82, 2.24) is 0 Å². The van der Waals surface area contributed by atoms with Crippen LogP contribution in [0.5, 0.6) is 5.75 Å². The first-order valence-corrected chi connectivity index (χ1v) is 13.5. The normalized spacial score (nSPS) is 17.2. The van der Waals surface area contributed by atoms with Crippen molar-refractivity contribution in [3.8, 4) is 5.75 Å². The number of fused-ring (bicyclic) bond motifs is 1. The van der Waals surface area contributed by atoms with Crippen LogP contribution in [0.4, 0.5) is 18.9 Å². The molecule has 0 aliphatic carbocycles. The summed E-state index contributed by atoms with van der Waals surface area (Å²) in [6, 6.07) is 12.1. The SMILES string of the molecule is CC(C)(C)S(C)(C)C.OCC1COc2ccccc2N1Sc1ccccc1C(F)(F)F. The summed E-state index contributed by atoms with van der Waals surface area (Å²) >= 11 is 0.967. The first-order valence-electron chi connectivity index (χ1n) is 9.89. The van der Waals surface area contributed by atoms with E-state index < -0.39 is 17.8 Å². The Morgan fingerprint density at radius 3 is 2.13 bits per heavy atom. The van der Waals surface area contributed by atoms with E-state index in [-0.39, 0.29) is 28.1 Å². The van der Waals surface area contributed by atoms with E-state index in [4.69, 9.17) is 4.74 Å². The summed E-state index contributed by atoms with van der Waals surface area (Å²) in [5.74, 6) is 0.592. The molecule has 1 N–H and O–H groups in total. The molecule has 2 aromatic rings. The zero-order chi connectivity index (χ0) is 23.4. The van der Waals surface area contributed by atoms with Crippen molar-refractivity contribution in [2.24, 2.45) is 0 Å². The maximum absolute atomic E-state index is 13.2. The molecule has 174 valence electrons. The molecule has 2 aromatic carbocycles. The lowest BCUT2D eigenvalue weighted by atomic mass is 10.2. The zero-order valence-electron chi connectivity index (χ0n) is 18.9. The van der Waals surface area contributed by atoms with Crippen molar-refractivity contribution < 1.29 is 23.0 Å². The van der Waals surface area contributed by atoms with Gasteiger partial charge in [0, 0.05) is 4.90 Å². The average Bonchev–Trinajstić information content (AvgIpc) is 2.67. The highest BCUT2D eigenvalue weighted by atomic mass is 32.3. The fourth-order valence-electron chi connectivity index (χ4n) is 2.35. The number of nitrogens with zero attached hydrogens (tertiary/aromatic N) is 1. The molecule has 1 aliphatic rings. The fourth-order valence-corrected chi connectivity index (χ4v) is 3.51. The van der Waals surface area contributed by atoms with Crippen molar-refractivity contribution in [3.63, 3.8) is 0 Å². The Labute approximate surface area is 189 Å². The molecule has 0 amide bonds. The number of para-hydroxylation sites is 2. The van der Waals surface area contributed by atoms with E-state index in [1.807, 2.05) is 0 Å². The lowest BCUT2D eigenvalue weighted by molar-refractivity contribution is -0.139. The molecule has 3 nitrogen and oxygen atoms in total. The Morgan fingerprint density at radius 2 is 1.58 bits per heavy atom. The third-order valence-corrected chi connectivity index (χ3v) is 10.2. The Morgan fingerprint density at radius 1 is 1.03 bits per heavy atom. The number of hydrogen-bond donors (Lipinski definition) is 1. The standard InChI is InChI=1S/C16H14F3NO2S.C7H18S/c17-16(18,19)12-5-1-4-8-15(12)23-20-11(9-21)10-22-14-7-3-2-6-13(14)20;1-7(2,3)8(4,5)6/h1-8,11,21H,9-10H2;1-6H3. The average molecular weight is 476 g/mol. The third kappa shape index (κ3) is 6.73. The maximum atomic E-state index is 13.2. The molecule has 0 radical (unpaired) electrons. The second kappa shape index (κ2) is 9.96. The molecule has 1 heterocycles. The fraction of sp³-hybridized carbons (Fsp3) is 0.478. The van der Waals surface area contributed by atoms with Gasteiger partial charge >= 0.3 is 6.18 Å². The second-order valence-corrected chi connectivity index (χ2v) is 14.9. The van der Waals surface area contributed by atoms with Gasteiger partial charge in [0.2, 0.25) is 0 Å². The van der Waals surface area contributed by atoms with E-state index in [9.17, 15) is 18.3 Å². The molecule has 0 bridgehead atoms. The highest BCUT2D eigenvalue weighted by Gasteiger charge is 2.35. The molecular formula is C23H32F3NO2S2. The Kier molecular flexibility index (Phi) is 8.27. The van der Waals surface area contributed by atoms with E-state index in [1.165, 1.54) is 12.1 Å². The van der Waals surface area contributed by atoms with E-state index in [2.05, 4.69) is 39.5 Å². The number of rotatable bonds is 3. The molecule has 3 rings (SSSR count). The van der Waals surface area contributed by atoms with Gasteiger partial charge in [0.25, 0.3) is 0 Å². The Balaban J connectivity index is 0.000000366. The van der Waals surface area contributed by atoms with Crippen LogP contribution < -0.4 is 9.04 Å². The number of hydrogen-bond acceptors (Lipinski definition) is 4. The summed E-state index contributed by atoms with van der Waals surface area (Å²) in [6.45, 7) is 6.93. The molecule has 0 saturated carbocycles. The van der Waals surface area contributed by atoms with E-state index >= 15 is 0 Å². The lowest BCUT2D eigenvalue weighted by Gasteiger charge is -2.40. The van der Waals surface area contributed by atoms with E-state index in [0.29, 0.717) is 16.2 Å². The molecule has 1 aliphatic heterocycles. The zero-order valence-corrected chi connectivity index (χ0v) is 20.5. The van der Waals surface area contributed by atoms with Crippen LogP contribution in [0.2, 0.25) is 0 Å². The van der Waals surface area contributed by atoms with Crippen LogP contribution in [-0.2, 0) is 6.18 Å². The van der Waals surface area contributed by atoms with Gasteiger partial charge in [0.05, 0.1) is 23.9 Å². The van der Waals surface area contributed by atoms with Crippen LogP contribution >= 0.6 is 22.0 Å². The first-order chi connectivity index (χ1) is 14.3. The summed E-state index contributed by atoms with van der Waals surface area (Å²) < 4.78 is 47.3. The number of aliphatic hydroxyl groups excluding tert-OH is 1. The summed E-state index contributed by atoms with van der Waals surface area (Å²) in [5, 5.41) is 9.54. The van der Waals surface area contributed by atoms with Gasteiger partial charge in [-0.05, 0) is 59.7 Å². The predicted molar refractivity (Wildman–Crippen MR) is 128 cm³/mol. The second-order valence-electron chi connectivity index (χ2n) is 8.98. The van der Waals surface area contributed by atoms with Gasteiger partial charge in [-0.3, -0.25) is 4.31 Å². The van der Waals surface area contributed by atoms with Crippen LogP contribution in [0, 0.1) is 0 Å². The van der Waals surface area contributed by atoms with E-state index in [1.54, 1.807) is 34.6 Å². The molecule has 0 saturated heterocycles. The third-order valence-electron chi connectivity index (χ3n) is 5.30. The van der Waals surface area contributed by atoms with Crippen molar-refractivity contribution in [3.05, 3.63) is 54.1 Å². The molecular weight excluding hydrogens is 443 g/mol. The number of aliphatic hydroxyl groups is 1. The van der Waals surface area contributed by atoms with Gasteiger partial charge in [0.1, 0.15) is 12.4 Å². The summed E-state index contributed by atoms with van der Waals surface area (Å²) in [7, 11) is -0.340. The summed E-state index contributed by atoms with van der Waals surface area (Å²) in [4.78, 5) is 0.0927.